The molecular weight excluding hydrogens is 435 g/mol. The normalized spacial score (nSPS) is 17.7. The molecule has 2 aromatic carbocycles. The molecule has 1 unspecified atom stereocenters. The number of likely N-dealkylation sites (tertiary alicyclic amines) is 1. The van der Waals surface area contributed by atoms with Gasteiger partial charge in [0, 0.05) is 12.1 Å². The van der Waals surface area contributed by atoms with Crippen LogP contribution in [0.15, 0.2) is 54.1 Å². The Kier molecular flexibility index (Phi) is 8.45. The molecule has 1 atom stereocenters. The van der Waals surface area contributed by atoms with Crippen molar-refractivity contribution in [2.75, 3.05) is 26.2 Å². The van der Waals surface area contributed by atoms with Crippen LogP contribution in [0.1, 0.15) is 51.3 Å². The van der Waals surface area contributed by atoms with Gasteiger partial charge in [-0.15, -0.1) is 0 Å². The summed E-state index contributed by atoms with van der Waals surface area (Å²) in [7, 11) is 0. The van der Waals surface area contributed by atoms with Gasteiger partial charge in [-0.1, -0.05) is 26.0 Å². The number of hydrogen-bond acceptors (Lipinski definition) is 5. The topological polar surface area (TPSA) is 70.1 Å². The van der Waals surface area contributed by atoms with Gasteiger partial charge in [-0.05, 0) is 81.9 Å². The quantitative estimate of drug-likeness (QED) is 0.309. The fraction of sp³-hybridized carbons (Fsp3) is 0.407. The van der Waals surface area contributed by atoms with Crippen molar-refractivity contribution in [3.8, 4) is 5.75 Å². The Balaban J connectivity index is 2.01. The van der Waals surface area contributed by atoms with Gasteiger partial charge in [-0.25, -0.2) is 4.39 Å². The summed E-state index contributed by atoms with van der Waals surface area (Å²) in [6.07, 6.45) is 0.700. The average molecular weight is 469 g/mol. The number of rotatable bonds is 10. The van der Waals surface area contributed by atoms with Crippen LogP contribution in [0.25, 0.3) is 5.76 Å². The Morgan fingerprint density at radius 2 is 1.68 bits per heavy atom. The van der Waals surface area contributed by atoms with Gasteiger partial charge in [0.05, 0.1) is 17.7 Å². The van der Waals surface area contributed by atoms with Gasteiger partial charge in [-0.2, -0.15) is 0 Å². The third-order valence-corrected chi connectivity index (χ3v) is 5.99. The predicted molar refractivity (Wildman–Crippen MR) is 130 cm³/mol. The summed E-state index contributed by atoms with van der Waals surface area (Å²) in [6.45, 7) is 11.0. The van der Waals surface area contributed by atoms with Crippen molar-refractivity contribution >= 4 is 17.4 Å². The summed E-state index contributed by atoms with van der Waals surface area (Å²) < 4.78 is 19.1. The van der Waals surface area contributed by atoms with Crippen molar-refractivity contribution in [3.05, 3.63) is 71.0 Å². The highest BCUT2D eigenvalue weighted by molar-refractivity contribution is 6.46. The molecule has 1 aliphatic rings. The van der Waals surface area contributed by atoms with Crippen LogP contribution in [0.5, 0.6) is 5.75 Å². The van der Waals surface area contributed by atoms with E-state index in [9.17, 15) is 19.1 Å². The molecule has 1 saturated heterocycles. The van der Waals surface area contributed by atoms with Gasteiger partial charge in [0.2, 0.25) is 0 Å². The lowest BCUT2D eigenvalue weighted by atomic mass is 9.95. The van der Waals surface area contributed by atoms with Crippen LogP contribution >= 0.6 is 0 Å². The van der Waals surface area contributed by atoms with Gasteiger partial charge in [0.1, 0.15) is 17.3 Å². The van der Waals surface area contributed by atoms with E-state index in [2.05, 4.69) is 18.7 Å². The first kappa shape index (κ1) is 25.4. The Morgan fingerprint density at radius 1 is 1.06 bits per heavy atom. The summed E-state index contributed by atoms with van der Waals surface area (Å²) in [6, 6.07) is 11.7. The van der Waals surface area contributed by atoms with E-state index >= 15 is 0 Å². The van der Waals surface area contributed by atoms with Crippen molar-refractivity contribution in [3.63, 3.8) is 0 Å². The molecule has 0 spiro atoms. The molecule has 0 aromatic heterocycles. The summed E-state index contributed by atoms with van der Waals surface area (Å²) in [5.41, 5.74) is 0.992. The summed E-state index contributed by atoms with van der Waals surface area (Å²) in [5.74, 6) is -1.47. The third-order valence-electron chi connectivity index (χ3n) is 5.99. The smallest absolute Gasteiger partial charge is 0.295 e. The maximum Gasteiger partial charge on any atom is 0.295 e. The molecule has 1 heterocycles. The molecule has 0 saturated carbocycles. The molecule has 0 radical (unpaired) electrons. The molecule has 3 rings (SSSR count). The molecule has 1 N–H and O–H groups in total. The first-order valence-corrected chi connectivity index (χ1v) is 11.8. The van der Waals surface area contributed by atoms with Crippen molar-refractivity contribution in [2.24, 2.45) is 0 Å². The van der Waals surface area contributed by atoms with E-state index in [1.54, 1.807) is 12.1 Å². The number of ether oxygens (including phenoxy) is 1. The average Bonchev–Trinajstić information content (AvgIpc) is 3.07. The molecule has 34 heavy (non-hydrogen) atoms. The van der Waals surface area contributed by atoms with Crippen LogP contribution in [-0.4, -0.2) is 58.9 Å². The predicted octanol–water partition coefficient (Wildman–Crippen LogP) is 4.77. The van der Waals surface area contributed by atoms with Crippen LogP contribution in [0, 0.1) is 5.82 Å². The summed E-state index contributed by atoms with van der Waals surface area (Å²) >= 11 is 0. The SMILES string of the molecule is CCN(CC)CCCN1C(=O)C(=O)/C(=C(/O)c2ccc(F)cc2)C1c1ccc(OC(C)C)cc1. The minimum atomic E-state index is -0.741. The van der Waals surface area contributed by atoms with Gasteiger partial charge in [-0.3, -0.25) is 9.59 Å². The zero-order chi connectivity index (χ0) is 24.8. The van der Waals surface area contributed by atoms with Crippen LogP contribution in [-0.2, 0) is 9.59 Å². The molecule has 1 amide bonds. The van der Waals surface area contributed by atoms with E-state index < -0.39 is 23.5 Å². The van der Waals surface area contributed by atoms with Crippen molar-refractivity contribution in [2.45, 2.75) is 46.3 Å². The number of nitrogens with zero attached hydrogens (tertiary/aromatic N) is 2. The fourth-order valence-corrected chi connectivity index (χ4v) is 4.23. The number of hydrogen-bond donors (Lipinski definition) is 1. The van der Waals surface area contributed by atoms with Gasteiger partial charge in [0.25, 0.3) is 11.7 Å². The standard InChI is InChI=1S/C27H33FN2O4/c1-5-29(6-2)16-7-17-30-24(19-10-14-22(15-11-19)34-18(3)4)23(26(32)27(30)33)25(31)20-8-12-21(28)13-9-20/h8-15,18,24,31H,5-7,16-17H2,1-4H3/b25-23+. The zero-order valence-corrected chi connectivity index (χ0v) is 20.3. The van der Waals surface area contributed by atoms with Crippen LogP contribution in [0.4, 0.5) is 4.39 Å². The number of Topliss-reactive ketones (excluding diaryl/α,β-unsaturated/α-hetero) is 1. The number of benzene rings is 2. The van der Waals surface area contributed by atoms with E-state index in [4.69, 9.17) is 4.74 Å². The zero-order valence-electron chi connectivity index (χ0n) is 20.3. The number of carbonyl (C=O) groups is 2. The monoisotopic (exact) mass is 468 g/mol. The van der Waals surface area contributed by atoms with Crippen LogP contribution in [0.3, 0.4) is 0 Å². The Morgan fingerprint density at radius 3 is 2.24 bits per heavy atom. The van der Waals surface area contributed by atoms with E-state index in [1.807, 2.05) is 26.0 Å². The number of halogens is 1. The molecule has 2 aromatic rings. The lowest BCUT2D eigenvalue weighted by Crippen LogP contribution is -2.33. The van der Waals surface area contributed by atoms with Crippen LogP contribution < -0.4 is 4.74 Å². The highest BCUT2D eigenvalue weighted by Crippen LogP contribution is 2.40. The molecular formula is C27H33FN2O4. The maximum absolute atomic E-state index is 13.4. The Bertz CT molecular complexity index is 1030. The molecule has 1 fully saturated rings. The number of amides is 1. The fourth-order valence-electron chi connectivity index (χ4n) is 4.23. The number of aliphatic hydroxyl groups is 1. The first-order chi connectivity index (χ1) is 16.3. The van der Waals surface area contributed by atoms with E-state index in [1.165, 1.54) is 29.2 Å². The first-order valence-electron chi connectivity index (χ1n) is 11.8. The molecule has 0 aliphatic carbocycles. The molecule has 1 aliphatic heterocycles. The number of ketones is 1. The van der Waals surface area contributed by atoms with Gasteiger partial charge in [0.15, 0.2) is 0 Å². The second kappa shape index (κ2) is 11.3. The highest BCUT2D eigenvalue weighted by Gasteiger charge is 2.45. The Hall–Kier alpha value is -3.19. The van der Waals surface area contributed by atoms with Crippen molar-refractivity contribution < 1.29 is 23.8 Å². The molecule has 0 bridgehead atoms. The van der Waals surface area contributed by atoms with Crippen LogP contribution in [0.2, 0.25) is 0 Å². The minimum Gasteiger partial charge on any atom is -0.507 e. The summed E-state index contributed by atoms with van der Waals surface area (Å²) in [4.78, 5) is 29.9. The highest BCUT2D eigenvalue weighted by atomic mass is 19.1. The lowest BCUT2D eigenvalue weighted by Gasteiger charge is -2.27. The van der Waals surface area contributed by atoms with Crippen molar-refractivity contribution in [1.82, 2.24) is 9.80 Å². The minimum absolute atomic E-state index is 0.00930. The Labute approximate surface area is 200 Å². The van der Waals surface area contributed by atoms with E-state index in [0.717, 1.165) is 19.6 Å². The van der Waals surface area contributed by atoms with Crippen molar-refractivity contribution in [1.29, 1.82) is 0 Å². The summed E-state index contributed by atoms with van der Waals surface area (Å²) in [5, 5.41) is 11.0. The third kappa shape index (κ3) is 5.65. The molecule has 7 heteroatoms. The lowest BCUT2D eigenvalue weighted by molar-refractivity contribution is -0.140. The number of carbonyl (C=O) groups excluding carboxylic acids is 2. The number of aliphatic hydroxyl groups excluding tert-OH is 1. The maximum atomic E-state index is 13.4. The largest absolute Gasteiger partial charge is 0.507 e. The second-order valence-corrected chi connectivity index (χ2v) is 8.62. The molecule has 6 nitrogen and oxygen atoms in total. The second-order valence-electron chi connectivity index (χ2n) is 8.62. The van der Waals surface area contributed by atoms with Gasteiger partial charge >= 0.3 is 0 Å². The van der Waals surface area contributed by atoms with E-state index in [0.29, 0.717) is 24.3 Å². The van der Waals surface area contributed by atoms with E-state index in [-0.39, 0.29) is 23.0 Å². The molecule has 182 valence electrons. The van der Waals surface area contributed by atoms with Gasteiger partial charge < -0.3 is 19.6 Å².